The zero-order valence-corrected chi connectivity index (χ0v) is 9.26. The van der Waals surface area contributed by atoms with E-state index in [0.717, 1.165) is 12.8 Å². The van der Waals surface area contributed by atoms with Crippen LogP contribution in [0.15, 0.2) is 16.9 Å². The molecule has 3 heterocycles. The molecule has 2 fully saturated rings. The zero-order chi connectivity index (χ0) is 11.8. The van der Waals surface area contributed by atoms with Crippen molar-refractivity contribution < 1.29 is 14.1 Å². The first kappa shape index (κ1) is 10.3. The van der Waals surface area contributed by atoms with Crippen molar-refractivity contribution in [1.29, 1.82) is 0 Å². The molecule has 2 aliphatic heterocycles. The first-order chi connectivity index (χ1) is 8.25. The molecule has 2 atom stereocenters. The summed E-state index contributed by atoms with van der Waals surface area (Å²) in [6, 6.07) is 1.66. The van der Waals surface area contributed by atoms with Gasteiger partial charge in [-0.3, -0.25) is 9.59 Å². The van der Waals surface area contributed by atoms with E-state index in [1.165, 1.54) is 6.26 Å². The summed E-state index contributed by atoms with van der Waals surface area (Å²) in [5.74, 6) is -0.113. The minimum Gasteiger partial charge on any atom is -0.364 e. The molecule has 0 radical (unpaired) electrons. The van der Waals surface area contributed by atoms with Gasteiger partial charge in [-0.25, -0.2) is 0 Å². The molecule has 0 saturated carbocycles. The van der Waals surface area contributed by atoms with E-state index >= 15 is 0 Å². The molecule has 0 spiro atoms. The van der Waals surface area contributed by atoms with Crippen LogP contribution in [0.1, 0.15) is 29.8 Å². The lowest BCUT2D eigenvalue weighted by atomic mass is 10.1. The van der Waals surface area contributed by atoms with Crippen molar-refractivity contribution in [3.05, 3.63) is 18.0 Å². The van der Waals surface area contributed by atoms with Gasteiger partial charge in [-0.05, 0) is 12.8 Å². The maximum Gasteiger partial charge on any atom is 0.276 e. The highest BCUT2D eigenvalue weighted by molar-refractivity contribution is 5.93. The molecule has 1 aromatic heterocycles. The number of hydrogen-bond acceptors (Lipinski definition) is 4. The van der Waals surface area contributed by atoms with Gasteiger partial charge in [-0.2, -0.15) is 0 Å². The SMILES string of the molecule is O=C1CC2CCC(CN1)N2C(=O)c1ccon1. The fraction of sp³-hybridized carbons (Fsp3) is 0.545. The van der Waals surface area contributed by atoms with Gasteiger partial charge in [0.05, 0.1) is 0 Å². The summed E-state index contributed by atoms with van der Waals surface area (Å²) in [6.07, 6.45) is 3.60. The third-order valence-electron chi connectivity index (χ3n) is 3.47. The number of nitrogens with one attached hydrogen (secondary N) is 1. The minimum atomic E-state index is -0.136. The lowest BCUT2D eigenvalue weighted by molar-refractivity contribution is -0.121. The predicted molar refractivity (Wildman–Crippen MR) is 57.1 cm³/mol. The molecule has 2 unspecified atom stereocenters. The summed E-state index contributed by atoms with van der Waals surface area (Å²) in [7, 11) is 0. The Morgan fingerprint density at radius 2 is 2.29 bits per heavy atom. The predicted octanol–water partition coefficient (Wildman–Crippen LogP) is 0.168. The quantitative estimate of drug-likeness (QED) is 0.752. The van der Waals surface area contributed by atoms with Crippen LogP contribution < -0.4 is 5.32 Å². The molecule has 17 heavy (non-hydrogen) atoms. The molecule has 1 N–H and O–H groups in total. The maximum atomic E-state index is 12.2. The van der Waals surface area contributed by atoms with Crippen LogP contribution in [0.2, 0.25) is 0 Å². The average Bonchev–Trinajstić information content (AvgIpc) is 2.90. The van der Waals surface area contributed by atoms with Gasteiger partial charge >= 0.3 is 0 Å². The van der Waals surface area contributed by atoms with E-state index in [0.29, 0.717) is 18.7 Å². The van der Waals surface area contributed by atoms with E-state index < -0.39 is 0 Å². The number of nitrogens with zero attached hydrogens (tertiary/aromatic N) is 2. The summed E-state index contributed by atoms with van der Waals surface area (Å²) >= 11 is 0. The van der Waals surface area contributed by atoms with E-state index in [9.17, 15) is 9.59 Å². The van der Waals surface area contributed by atoms with Crippen molar-refractivity contribution in [3.8, 4) is 0 Å². The molecule has 2 bridgehead atoms. The van der Waals surface area contributed by atoms with Crippen molar-refractivity contribution in [3.63, 3.8) is 0 Å². The Hall–Kier alpha value is -1.85. The Kier molecular flexibility index (Phi) is 2.35. The lowest BCUT2D eigenvalue weighted by Crippen LogP contribution is -2.42. The van der Waals surface area contributed by atoms with Gasteiger partial charge in [0.15, 0.2) is 5.69 Å². The van der Waals surface area contributed by atoms with Crippen LogP contribution in [0.25, 0.3) is 0 Å². The van der Waals surface area contributed by atoms with Gasteiger partial charge in [-0.1, -0.05) is 5.16 Å². The summed E-state index contributed by atoms with van der Waals surface area (Å²) < 4.78 is 4.69. The number of amides is 2. The van der Waals surface area contributed by atoms with E-state index in [1.807, 2.05) is 0 Å². The van der Waals surface area contributed by atoms with E-state index in [4.69, 9.17) is 0 Å². The van der Waals surface area contributed by atoms with Gasteiger partial charge in [0, 0.05) is 31.1 Å². The van der Waals surface area contributed by atoms with Crippen LogP contribution in [0, 0.1) is 0 Å². The smallest absolute Gasteiger partial charge is 0.276 e. The highest BCUT2D eigenvalue weighted by Gasteiger charge is 2.41. The van der Waals surface area contributed by atoms with Crippen molar-refractivity contribution in [2.45, 2.75) is 31.3 Å². The van der Waals surface area contributed by atoms with Crippen LogP contribution in [-0.4, -0.2) is 40.5 Å². The van der Waals surface area contributed by atoms with Gasteiger partial charge < -0.3 is 14.7 Å². The molecule has 0 aromatic carbocycles. The molecular weight excluding hydrogens is 222 g/mol. The molecule has 2 saturated heterocycles. The highest BCUT2D eigenvalue weighted by Crippen LogP contribution is 2.29. The number of carbonyl (C=O) groups excluding carboxylic acids is 2. The molecular formula is C11H13N3O3. The molecule has 1 aromatic rings. The minimum absolute atomic E-state index is 0.00620. The van der Waals surface area contributed by atoms with E-state index in [2.05, 4.69) is 15.0 Å². The fourth-order valence-electron chi connectivity index (χ4n) is 2.67. The van der Waals surface area contributed by atoms with Crippen molar-refractivity contribution >= 4 is 11.8 Å². The molecule has 6 nitrogen and oxygen atoms in total. The second-order valence-electron chi connectivity index (χ2n) is 4.49. The summed E-state index contributed by atoms with van der Waals surface area (Å²) in [5.41, 5.74) is 0.316. The molecule has 2 amide bonds. The summed E-state index contributed by atoms with van der Waals surface area (Å²) in [6.45, 7) is 0.541. The van der Waals surface area contributed by atoms with Crippen molar-refractivity contribution in [1.82, 2.24) is 15.4 Å². The zero-order valence-electron chi connectivity index (χ0n) is 9.26. The van der Waals surface area contributed by atoms with E-state index in [1.54, 1.807) is 11.0 Å². The highest BCUT2D eigenvalue weighted by atomic mass is 16.5. The largest absolute Gasteiger partial charge is 0.364 e. The van der Waals surface area contributed by atoms with Gasteiger partial charge in [0.2, 0.25) is 5.91 Å². The van der Waals surface area contributed by atoms with Crippen LogP contribution in [0.4, 0.5) is 0 Å². The number of carbonyl (C=O) groups is 2. The van der Waals surface area contributed by atoms with Crippen LogP contribution in [-0.2, 0) is 4.79 Å². The second kappa shape index (κ2) is 3.87. The third-order valence-corrected chi connectivity index (χ3v) is 3.47. The van der Waals surface area contributed by atoms with E-state index in [-0.39, 0.29) is 23.9 Å². The van der Waals surface area contributed by atoms with Crippen molar-refractivity contribution in [2.75, 3.05) is 6.54 Å². The fourth-order valence-corrected chi connectivity index (χ4v) is 2.67. The van der Waals surface area contributed by atoms with Crippen LogP contribution in [0.5, 0.6) is 0 Å². The average molecular weight is 235 g/mol. The number of rotatable bonds is 1. The molecule has 0 aliphatic carbocycles. The van der Waals surface area contributed by atoms with Gasteiger partial charge in [-0.15, -0.1) is 0 Å². The van der Waals surface area contributed by atoms with Crippen LogP contribution in [0.3, 0.4) is 0 Å². The number of fused-ring (bicyclic) bond motifs is 2. The number of hydrogen-bond donors (Lipinski definition) is 1. The molecule has 6 heteroatoms. The monoisotopic (exact) mass is 235 g/mol. The Morgan fingerprint density at radius 3 is 3.06 bits per heavy atom. The molecule has 90 valence electrons. The summed E-state index contributed by atoms with van der Waals surface area (Å²) in [4.78, 5) is 25.5. The standard InChI is InChI=1S/C11H13N3O3/c15-10-5-7-1-2-8(6-12-10)14(7)11(16)9-3-4-17-13-9/h3-4,7-8H,1-2,5-6H2,(H,12,15). The van der Waals surface area contributed by atoms with Gasteiger partial charge in [0.1, 0.15) is 6.26 Å². The Balaban J connectivity index is 1.87. The Bertz CT molecular complexity index is 443. The van der Waals surface area contributed by atoms with Crippen molar-refractivity contribution in [2.24, 2.45) is 0 Å². The molecule has 3 rings (SSSR count). The first-order valence-electron chi connectivity index (χ1n) is 5.75. The normalized spacial score (nSPS) is 27.8. The summed E-state index contributed by atoms with van der Waals surface area (Å²) in [5, 5.41) is 6.50. The number of aromatic nitrogens is 1. The Morgan fingerprint density at radius 1 is 1.47 bits per heavy atom. The lowest BCUT2D eigenvalue weighted by Gasteiger charge is -2.26. The topological polar surface area (TPSA) is 75.4 Å². The van der Waals surface area contributed by atoms with Crippen LogP contribution >= 0.6 is 0 Å². The third kappa shape index (κ3) is 1.69. The Labute approximate surface area is 97.9 Å². The molecule has 2 aliphatic rings. The maximum absolute atomic E-state index is 12.2. The first-order valence-corrected chi connectivity index (χ1v) is 5.75. The van der Waals surface area contributed by atoms with Gasteiger partial charge in [0.25, 0.3) is 5.91 Å². The second-order valence-corrected chi connectivity index (χ2v) is 4.49.